The number of carbonyl (C=O) groups is 1. The number of ether oxygens (including phenoxy) is 2. The third-order valence-electron chi connectivity index (χ3n) is 3.01. The van der Waals surface area contributed by atoms with E-state index in [-0.39, 0.29) is 11.5 Å². The molecule has 21 heavy (non-hydrogen) atoms. The topological polar surface area (TPSA) is 35.5 Å². The average molecular weight is 288 g/mol. The predicted octanol–water partition coefficient (Wildman–Crippen LogP) is 3.85. The SMILES string of the molecule is CCCOc1ccccc1C(=O)c1ccc(F)c(OC)c1. The summed E-state index contributed by atoms with van der Waals surface area (Å²) in [7, 11) is 1.37. The molecule has 2 aromatic carbocycles. The molecule has 0 aliphatic carbocycles. The Kier molecular flexibility index (Phi) is 4.93. The smallest absolute Gasteiger partial charge is 0.196 e. The molecule has 110 valence electrons. The van der Waals surface area contributed by atoms with E-state index < -0.39 is 5.82 Å². The molecule has 0 aliphatic rings. The van der Waals surface area contributed by atoms with Gasteiger partial charge in [0, 0.05) is 5.56 Å². The summed E-state index contributed by atoms with van der Waals surface area (Å²) in [6.07, 6.45) is 0.854. The Labute approximate surface area is 123 Å². The first-order valence-electron chi connectivity index (χ1n) is 6.77. The van der Waals surface area contributed by atoms with E-state index >= 15 is 0 Å². The molecule has 0 saturated carbocycles. The van der Waals surface area contributed by atoms with E-state index in [1.165, 1.54) is 25.3 Å². The third kappa shape index (κ3) is 3.40. The average Bonchev–Trinajstić information content (AvgIpc) is 2.53. The summed E-state index contributed by atoms with van der Waals surface area (Å²) in [6.45, 7) is 2.53. The van der Waals surface area contributed by atoms with E-state index in [0.717, 1.165) is 6.42 Å². The Morgan fingerprint density at radius 1 is 1.14 bits per heavy atom. The van der Waals surface area contributed by atoms with E-state index in [4.69, 9.17) is 9.47 Å². The van der Waals surface area contributed by atoms with E-state index in [1.54, 1.807) is 18.2 Å². The van der Waals surface area contributed by atoms with Crippen LogP contribution >= 0.6 is 0 Å². The summed E-state index contributed by atoms with van der Waals surface area (Å²) in [5.41, 5.74) is 0.820. The lowest BCUT2D eigenvalue weighted by atomic mass is 10.0. The summed E-state index contributed by atoms with van der Waals surface area (Å²) >= 11 is 0. The number of hydrogen-bond donors (Lipinski definition) is 0. The Balaban J connectivity index is 2.36. The Morgan fingerprint density at radius 3 is 2.62 bits per heavy atom. The molecule has 3 nitrogen and oxygen atoms in total. The lowest BCUT2D eigenvalue weighted by Crippen LogP contribution is -2.06. The van der Waals surface area contributed by atoms with E-state index in [0.29, 0.717) is 23.5 Å². The van der Waals surface area contributed by atoms with Gasteiger partial charge < -0.3 is 9.47 Å². The Morgan fingerprint density at radius 2 is 1.90 bits per heavy atom. The highest BCUT2D eigenvalue weighted by Gasteiger charge is 2.16. The fraction of sp³-hybridized carbons (Fsp3) is 0.235. The molecule has 0 aliphatic heterocycles. The number of halogens is 1. The highest BCUT2D eigenvalue weighted by molar-refractivity contribution is 6.10. The van der Waals surface area contributed by atoms with Gasteiger partial charge >= 0.3 is 0 Å². The lowest BCUT2D eigenvalue weighted by molar-refractivity contribution is 0.103. The van der Waals surface area contributed by atoms with Crippen molar-refractivity contribution >= 4 is 5.78 Å². The maximum Gasteiger partial charge on any atom is 0.196 e. The molecule has 2 rings (SSSR count). The fourth-order valence-electron chi connectivity index (χ4n) is 1.95. The van der Waals surface area contributed by atoms with Gasteiger partial charge in [0.25, 0.3) is 0 Å². The number of ketones is 1. The van der Waals surface area contributed by atoms with Gasteiger partial charge in [-0.05, 0) is 36.8 Å². The van der Waals surface area contributed by atoms with Crippen LogP contribution in [0.1, 0.15) is 29.3 Å². The van der Waals surface area contributed by atoms with Crippen LogP contribution < -0.4 is 9.47 Å². The summed E-state index contributed by atoms with van der Waals surface area (Å²) in [5.74, 6) is -0.134. The van der Waals surface area contributed by atoms with Crippen molar-refractivity contribution in [1.29, 1.82) is 0 Å². The van der Waals surface area contributed by atoms with Crippen LogP contribution in [0, 0.1) is 5.82 Å². The van der Waals surface area contributed by atoms with Gasteiger partial charge in [0.1, 0.15) is 5.75 Å². The Hall–Kier alpha value is -2.36. The molecule has 0 unspecified atom stereocenters. The minimum Gasteiger partial charge on any atom is -0.494 e. The van der Waals surface area contributed by atoms with Gasteiger partial charge in [0.15, 0.2) is 17.3 Å². The first kappa shape index (κ1) is 15.0. The van der Waals surface area contributed by atoms with Crippen LogP contribution in [0.4, 0.5) is 4.39 Å². The number of rotatable bonds is 6. The second kappa shape index (κ2) is 6.88. The zero-order valence-corrected chi connectivity index (χ0v) is 12.1. The van der Waals surface area contributed by atoms with Crippen LogP contribution in [0.5, 0.6) is 11.5 Å². The predicted molar refractivity (Wildman–Crippen MR) is 78.6 cm³/mol. The van der Waals surface area contributed by atoms with E-state index in [9.17, 15) is 9.18 Å². The molecule has 0 bridgehead atoms. The second-order valence-corrected chi connectivity index (χ2v) is 4.52. The molecule has 0 saturated heterocycles. The summed E-state index contributed by atoms with van der Waals surface area (Å²) in [6, 6.07) is 11.1. The van der Waals surface area contributed by atoms with Crippen molar-refractivity contribution in [2.75, 3.05) is 13.7 Å². The number of carbonyl (C=O) groups excluding carboxylic acids is 1. The van der Waals surface area contributed by atoms with Gasteiger partial charge in [-0.2, -0.15) is 0 Å². The van der Waals surface area contributed by atoms with Gasteiger partial charge in [0.05, 0.1) is 19.3 Å². The molecule has 2 aromatic rings. The molecular formula is C17H17FO3. The first-order chi connectivity index (χ1) is 10.2. The minimum atomic E-state index is -0.496. The summed E-state index contributed by atoms with van der Waals surface area (Å²) < 4.78 is 23.9. The zero-order valence-electron chi connectivity index (χ0n) is 12.1. The van der Waals surface area contributed by atoms with Gasteiger partial charge in [-0.1, -0.05) is 19.1 Å². The zero-order chi connectivity index (χ0) is 15.2. The molecule has 4 heteroatoms. The minimum absolute atomic E-state index is 0.0489. The van der Waals surface area contributed by atoms with E-state index in [1.807, 2.05) is 13.0 Å². The van der Waals surface area contributed by atoms with Crippen molar-refractivity contribution in [2.24, 2.45) is 0 Å². The molecule has 0 amide bonds. The maximum atomic E-state index is 13.4. The largest absolute Gasteiger partial charge is 0.494 e. The maximum absolute atomic E-state index is 13.4. The quantitative estimate of drug-likeness (QED) is 0.757. The van der Waals surface area contributed by atoms with Crippen molar-refractivity contribution < 1.29 is 18.7 Å². The molecule has 0 heterocycles. The highest BCUT2D eigenvalue weighted by atomic mass is 19.1. The van der Waals surface area contributed by atoms with Gasteiger partial charge in [-0.15, -0.1) is 0 Å². The fourth-order valence-corrected chi connectivity index (χ4v) is 1.95. The molecule has 0 atom stereocenters. The third-order valence-corrected chi connectivity index (χ3v) is 3.01. The van der Waals surface area contributed by atoms with Crippen LogP contribution in [-0.2, 0) is 0 Å². The second-order valence-electron chi connectivity index (χ2n) is 4.52. The van der Waals surface area contributed by atoms with Gasteiger partial charge in [0.2, 0.25) is 0 Å². The highest BCUT2D eigenvalue weighted by Crippen LogP contribution is 2.25. The number of hydrogen-bond acceptors (Lipinski definition) is 3. The van der Waals surface area contributed by atoms with Crippen LogP contribution in [-0.4, -0.2) is 19.5 Å². The van der Waals surface area contributed by atoms with Crippen LogP contribution in [0.2, 0.25) is 0 Å². The van der Waals surface area contributed by atoms with Crippen LogP contribution in [0.3, 0.4) is 0 Å². The number of methoxy groups -OCH3 is 1. The Bertz CT molecular complexity index is 638. The number of benzene rings is 2. The van der Waals surface area contributed by atoms with Crippen molar-refractivity contribution in [2.45, 2.75) is 13.3 Å². The van der Waals surface area contributed by atoms with Crippen molar-refractivity contribution in [3.05, 3.63) is 59.4 Å². The van der Waals surface area contributed by atoms with E-state index in [2.05, 4.69) is 0 Å². The first-order valence-corrected chi connectivity index (χ1v) is 6.77. The van der Waals surface area contributed by atoms with Gasteiger partial charge in [-0.3, -0.25) is 4.79 Å². The standard InChI is InChI=1S/C17H17FO3/c1-3-10-21-15-7-5-4-6-13(15)17(19)12-8-9-14(18)16(11-12)20-2/h4-9,11H,3,10H2,1-2H3. The molecular weight excluding hydrogens is 271 g/mol. The van der Waals surface area contributed by atoms with Crippen LogP contribution in [0.15, 0.2) is 42.5 Å². The monoisotopic (exact) mass is 288 g/mol. The molecule has 0 fully saturated rings. The summed E-state index contributed by atoms with van der Waals surface area (Å²) in [5, 5.41) is 0. The number of para-hydroxylation sites is 1. The van der Waals surface area contributed by atoms with Crippen molar-refractivity contribution in [3.63, 3.8) is 0 Å². The van der Waals surface area contributed by atoms with Crippen LogP contribution in [0.25, 0.3) is 0 Å². The molecule has 0 N–H and O–H groups in total. The van der Waals surface area contributed by atoms with Gasteiger partial charge in [-0.25, -0.2) is 4.39 Å². The lowest BCUT2D eigenvalue weighted by Gasteiger charge is -2.10. The molecule has 0 spiro atoms. The van der Waals surface area contributed by atoms with Crippen molar-refractivity contribution in [3.8, 4) is 11.5 Å². The van der Waals surface area contributed by atoms with Crippen molar-refractivity contribution in [1.82, 2.24) is 0 Å². The summed E-state index contributed by atoms with van der Waals surface area (Å²) in [4.78, 5) is 12.6. The molecule has 0 radical (unpaired) electrons. The molecule has 0 aromatic heterocycles. The normalized spacial score (nSPS) is 10.2.